The molecule has 0 radical (unpaired) electrons. The number of imidazole rings is 1. The van der Waals surface area contributed by atoms with E-state index in [1.807, 2.05) is 29.8 Å². The van der Waals surface area contributed by atoms with Crippen molar-refractivity contribution in [1.29, 1.82) is 0 Å². The largest absolute Gasteiger partial charge is 0.462 e. The van der Waals surface area contributed by atoms with E-state index in [2.05, 4.69) is 15.6 Å². The van der Waals surface area contributed by atoms with Crippen LogP contribution in [0.5, 0.6) is 0 Å². The van der Waals surface area contributed by atoms with Crippen LogP contribution in [0.4, 0.5) is 10.7 Å². The summed E-state index contributed by atoms with van der Waals surface area (Å²) in [7, 11) is 1.84. The molecular formula is C21H22N4O4S2. The molecule has 0 saturated carbocycles. The van der Waals surface area contributed by atoms with Crippen LogP contribution >= 0.6 is 23.1 Å². The maximum Gasteiger partial charge on any atom is 0.341 e. The number of aromatic nitrogens is 2. The van der Waals surface area contributed by atoms with Crippen molar-refractivity contribution in [2.24, 2.45) is 7.05 Å². The van der Waals surface area contributed by atoms with Gasteiger partial charge in [-0.3, -0.25) is 9.59 Å². The van der Waals surface area contributed by atoms with Crippen LogP contribution in [0.1, 0.15) is 32.5 Å². The molecule has 0 unspecified atom stereocenters. The van der Waals surface area contributed by atoms with Gasteiger partial charge in [-0.25, -0.2) is 9.78 Å². The Labute approximate surface area is 188 Å². The van der Waals surface area contributed by atoms with Crippen LogP contribution < -0.4 is 10.6 Å². The predicted octanol–water partition coefficient (Wildman–Crippen LogP) is 3.95. The maximum atomic E-state index is 12.8. The monoisotopic (exact) mass is 458 g/mol. The van der Waals surface area contributed by atoms with Crippen LogP contribution in [0, 0.1) is 6.92 Å². The lowest BCUT2D eigenvalue weighted by Crippen LogP contribution is -2.16. The van der Waals surface area contributed by atoms with Gasteiger partial charge in [0.2, 0.25) is 5.91 Å². The molecule has 0 bridgehead atoms. The van der Waals surface area contributed by atoms with Crippen molar-refractivity contribution in [2.75, 3.05) is 23.0 Å². The molecule has 0 aliphatic heterocycles. The van der Waals surface area contributed by atoms with E-state index in [4.69, 9.17) is 4.74 Å². The molecule has 0 aliphatic carbocycles. The van der Waals surface area contributed by atoms with Crippen molar-refractivity contribution in [3.63, 3.8) is 0 Å². The van der Waals surface area contributed by atoms with Crippen molar-refractivity contribution in [1.82, 2.24) is 9.55 Å². The number of thiophene rings is 1. The fraction of sp³-hybridized carbons (Fsp3) is 0.238. The number of carbonyl (C=O) groups excluding carboxylic acids is 3. The van der Waals surface area contributed by atoms with Crippen LogP contribution in [0.2, 0.25) is 0 Å². The smallest absolute Gasteiger partial charge is 0.341 e. The summed E-state index contributed by atoms with van der Waals surface area (Å²) in [5.74, 6) is -1.14. The highest BCUT2D eigenvalue weighted by molar-refractivity contribution is 7.99. The van der Waals surface area contributed by atoms with E-state index < -0.39 is 5.97 Å². The van der Waals surface area contributed by atoms with Gasteiger partial charge in [-0.05, 0) is 31.5 Å². The Morgan fingerprint density at radius 1 is 1.19 bits per heavy atom. The molecule has 2 aromatic heterocycles. The van der Waals surface area contributed by atoms with Gasteiger partial charge in [0.05, 0.1) is 22.8 Å². The minimum absolute atomic E-state index is 0.107. The van der Waals surface area contributed by atoms with Gasteiger partial charge < -0.3 is 19.9 Å². The summed E-state index contributed by atoms with van der Waals surface area (Å²) in [6.07, 6.45) is 3.44. The number of rotatable bonds is 8. The molecule has 10 heteroatoms. The summed E-state index contributed by atoms with van der Waals surface area (Å²) < 4.78 is 6.95. The van der Waals surface area contributed by atoms with Crippen molar-refractivity contribution in [3.8, 4) is 0 Å². The van der Waals surface area contributed by atoms with Crippen LogP contribution in [0.25, 0.3) is 0 Å². The summed E-state index contributed by atoms with van der Waals surface area (Å²) in [6.45, 7) is 3.55. The number of esters is 1. The van der Waals surface area contributed by atoms with E-state index in [0.717, 1.165) is 11.3 Å². The molecule has 3 rings (SSSR count). The normalized spacial score (nSPS) is 10.5. The number of hydrogen-bond acceptors (Lipinski definition) is 7. The number of anilines is 2. The summed E-state index contributed by atoms with van der Waals surface area (Å²) >= 11 is 2.32. The van der Waals surface area contributed by atoms with Crippen LogP contribution in [-0.4, -0.2) is 39.7 Å². The van der Waals surface area contributed by atoms with E-state index >= 15 is 0 Å². The first kappa shape index (κ1) is 22.6. The molecule has 31 heavy (non-hydrogen) atoms. The number of nitrogens with one attached hydrogen (secondary N) is 2. The van der Waals surface area contributed by atoms with Gasteiger partial charge in [0.25, 0.3) is 5.91 Å². The molecular weight excluding hydrogens is 436 g/mol. The first-order chi connectivity index (χ1) is 14.9. The lowest BCUT2D eigenvalue weighted by molar-refractivity contribution is -0.113. The third-order valence-electron chi connectivity index (χ3n) is 4.23. The number of benzene rings is 1. The molecule has 162 valence electrons. The standard InChI is InChI=1S/C21H22N4O4S2/c1-4-29-20(28)16-13(2)17(18(27)23-14-8-6-5-7-9-14)31-19(16)24-15(26)12-30-21-22-10-11-25(21)3/h5-11H,4,12H2,1-3H3,(H,23,27)(H,24,26). The molecule has 0 atom stereocenters. The minimum atomic E-state index is -0.581. The number of amides is 2. The van der Waals surface area contributed by atoms with Crippen LogP contribution in [0.15, 0.2) is 47.9 Å². The molecule has 0 fully saturated rings. The number of aryl methyl sites for hydroxylation is 1. The molecule has 2 heterocycles. The third kappa shape index (κ3) is 5.53. The Bertz CT molecular complexity index is 1090. The summed E-state index contributed by atoms with van der Waals surface area (Å²) in [5, 5.41) is 6.55. The average molecular weight is 459 g/mol. The maximum absolute atomic E-state index is 12.8. The molecule has 8 nitrogen and oxygen atoms in total. The summed E-state index contributed by atoms with van der Waals surface area (Å²) in [6, 6.07) is 9.01. The fourth-order valence-corrected chi connectivity index (χ4v) is 4.60. The zero-order valence-corrected chi connectivity index (χ0v) is 18.9. The van der Waals surface area contributed by atoms with E-state index in [9.17, 15) is 14.4 Å². The van der Waals surface area contributed by atoms with Gasteiger partial charge >= 0.3 is 5.97 Å². The van der Waals surface area contributed by atoms with E-state index in [-0.39, 0.29) is 29.7 Å². The molecule has 3 aromatic rings. The highest BCUT2D eigenvalue weighted by atomic mass is 32.2. The van der Waals surface area contributed by atoms with Crippen LogP contribution in [-0.2, 0) is 16.6 Å². The third-order valence-corrected chi connectivity index (χ3v) is 6.49. The Hall–Kier alpha value is -3.11. The van der Waals surface area contributed by atoms with Crippen molar-refractivity contribution < 1.29 is 19.1 Å². The Balaban J connectivity index is 1.81. The van der Waals surface area contributed by atoms with E-state index in [0.29, 0.717) is 26.3 Å². The summed E-state index contributed by atoms with van der Waals surface area (Å²) in [5.41, 5.74) is 1.29. The van der Waals surface area contributed by atoms with Gasteiger partial charge in [0, 0.05) is 25.1 Å². The Kier molecular flexibility index (Phi) is 7.48. The predicted molar refractivity (Wildman–Crippen MR) is 122 cm³/mol. The quantitative estimate of drug-likeness (QED) is 0.391. The number of nitrogens with zero attached hydrogens (tertiary/aromatic N) is 2. The van der Waals surface area contributed by atoms with Gasteiger partial charge in [0.1, 0.15) is 5.00 Å². The number of hydrogen-bond donors (Lipinski definition) is 2. The Morgan fingerprint density at radius 2 is 1.94 bits per heavy atom. The first-order valence-corrected chi connectivity index (χ1v) is 11.3. The molecule has 2 amide bonds. The molecule has 0 aliphatic rings. The van der Waals surface area contributed by atoms with Crippen molar-refractivity contribution in [2.45, 2.75) is 19.0 Å². The van der Waals surface area contributed by atoms with E-state index in [1.165, 1.54) is 11.8 Å². The highest BCUT2D eigenvalue weighted by Gasteiger charge is 2.26. The first-order valence-electron chi connectivity index (χ1n) is 9.47. The zero-order valence-electron chi connectivity index (χ0n) is 17.3. The highest BCUT2D eigenvalue weighted by Crippen LogP contribution is 2.34. The topological polar surface area (TPSA) is 102 Å². The Morgan fingerprint density at radius 3 is 2.58 bits per heavy atom. The van der Waals surface area contributed by atoms with Crippen LogP contribution in [0.3, 0.4) is 0 Å². The summed E-state index contributed by atoms with van der Waals surface area (Å²) in [4.78, 5) is 42.4. The van der Waals surface area contributed by atoms with Gasteiger partial charge in [-0.1, -0.05) is 30.0 Å². The number of para-hydroxylation sites is 1. The lowest BCUT2D eigenvalue weighted by Gasteiger charge is -2.07. The van der Waals surface area contributed by atoms with Gasteiger partial charge in [-0.2, -0.15) is 0 Å². The second-order valence-corrected chi connectivity index (χ2v) is 8.42. The molecule has 0 spiro atoms. The lowest BCUT2D eigenvalue weighted by atomic mass is 10.1. The van der Waals surface area contributed by atoms with Gasteiger partial charge in [0.15, 0.2) is 5.16 Å². The van der Waals surface area contributed by atoms with Crippen molar-refractivity contribution in [3.05, 3.63) is 58.7 Å². The molecule has 2 N–H and O–H groups in total. The second-order valence-electron chi connectivity index (χ2n) is 6.46. The number of carbonyl (C=O) groups is 3. The van der Waals surface area contributed by atoms with E-state index in [1.54, 1.807) is 38.4 Å². The number of thioether (sulfide) groups is 1. The molecule has 1 aromatic carbocycles. The van der Waals surface area contributed by atoms with Crippen molar-refractivity contribution >= 4 is 51.6 Å². The molecule has 0 saturated heterocycles. The average Bonchev–Trinajstić information content (AvgIpc) is 3.30. The van der Waals surface area contributed by atoms with Gasteiger partial charge in [-0.15, -0.1) is 11.3 Å². The number of ether oxygens (including phenoxy) is 1. The zero-order chi connectivity index (χ0) is 22.4. The fourth-order valence-electron chi connectivity index (χ4n) is 2.76. The minimum Gasteiger partial charge on any atom is -0.462 e. The SMILES string of the molecule is CCOC(=O)c1c(NC(=O)CSc2nccn2C)sc(C(=O)Nc2ccccc2)c1C. The second kappa shape index (κ2) is 10.3.